The standard InChI is InChI=1S/C23H38N6O3/c1-4-18(5-2)20(29-10-12-32-13-11-29)15-28-23(25-3)27-14-17-6-8-19(9-7-17)22(31)26-16-21(24)30/h6-9,18,20H,4-5,10-16H2,1-3H3,(H2,24,30)(H,26,31)(H2,25,27,28). The Balaban J connectivity index is 1.88. The van der Waals surface area contributed by atoms with Crippen molar-refractivity contribution < 1.29 is 14.3 Å². The molecule has 1 saturated heterocycles. The summed E-state index contributed by atoms with van der Waals surface area (Å²) in [6.07, 6.45) is 2.29. The number of nitrogens with zero attached hydrogens (tertiary/aromatic N) is 2. The summed E-state index contributed by atoms with van der Waals surface area (Å²) in [5, 5.41) is 9.31. The first kappa shape index (κ1) is 25.6. The van der Waals surface area contributed by atoms with Gasteiger partial charge in [-0.05, 0) is 23.6 Å². The summed E-state index contributed by atoms with van der Waals surface area (Å²) in [6.45, 7) is 9.26. The van der Waals surface area contributed by atoms with Crippen LogP contribution in [0.2, 0.25) is 0 Å². The number of amides is 2. The van der Waals surface area contributed by atoms with Gasteiger partial charge in [0.25, 0.3) is 5.91 Å². The van der Waals surface area contributed by atoms with Gasteiger partial charge >= 0.3 is 0 Å². The van der Waals surface area contributed by atoms with Crippen molar-refractivity contribution in [3.63, 3.8) is 0 Å². The van der Waals surface area contributed by atoms with Crippen LogP contribution in [0.3, 0.4) is 0 Å². The molecule has 9 nitrogen and oxygen atoms in total. The minimum absolute atomic E-state index is 0.174. The Kier molecular flexibility index (Phi) is 11.0. The lowest BCUT2D eigenvalue weighted by molar-refractivity contribution is -0.117. The largest absolute Gasteiger partial charge is 0.379 e. The molecule has 1 fully saturated rings. The summed E-state index contributed by atoms with van der Waals surface area (Å²) in [7, 11) is 1.77. The molecule has 0 radical (unpaired) electrons. The molecule has 0 saturated carbocycles. The van der Waals surface area contributed by atoms with E-state index in [1.54, 1.807) is 19.2 Å². The van der Waals surface area contributed by atoms with Crippen LogP contribution in [0.15, 0.2) is 29.3 Å². The van der Waals surface area contributed by atoms with E-state index in [1.165, 1.54) is 0 Å². The highest BCUT2D eigenvalue weighted by atomic mass is 16.5. The van der Waals surface area contributed by atoms with Crippen molar-refractivity contribution in [2.45, 2.75) is 39.3 Å². The van der Waals surface area contributed by atoms with E-state index in [9.17, 15) is 9.59 Å². The van der Waals surface area contributed by atoms with Crippen molar-refractivity contribution in [2.24, 2.45) is 16.6 Å². The van der Waals surface area contributed by atoms with Crippen LogP contribution in [0.25, 0.3) is 0 Å². The van der Waals surface area contributed by atoms with Crippen molar-refractivity contribution in [1.29, 1.82) is 0 Å². The molecule has 0 spiro atoms. The third-order valence-corrected chi connectivity index (χ3v) is 5.91. The number of carbonyl (C=O) groups excluding carboxylic acids is 2. The number of carbonyl (C=O) groups is 2. The quantitative estimate of drug-likeness (QED) is 0.293. The molecular formula is C23H38N6O3. The highest BCUT2D eigenvalue weighted by Crippen LogP contribution is 2.19. The number of nitrogens with one attached hydrogen (secondary N) is 3. The van der Waals surface area contributed by atoms with E-state index in [4.69, 9.17) is 10.5 Å². The number of rotatable bonds is 11. The summed E-state index contributed by atoms with van der Waals surface area (Å²) in [5.41, 5.74) is 6.55. The molecule has 1 unspecified atom stereocenters. The molecule has 178 valence electrons. The maximum atomic E-state index is 12.0. The van der Waals surface area contributed by atoms with E-state index in [1.807, 2.05) is 12.1 Å². The Morgan fingerprint density at radius 1 is 1.09 bits per heavy atom. The van der Waals surface area contributed by atoms with E-state index in [2.05, 4.69) is 39.7 Å². The third-order valence-electron chi connectivity index (χ3n) is 5.91. The lowest BCUT2D eigenvalue weighted by atomic mass is 9.92. The van der Waals surface area contributed by atoms with E-state index >= 15 is 0 Å². The molecule has 1 aliphatic rings. The second kappa shape index (κ2) is 13.7. The fraction of sp³-hybridized carbons (Fsp3) is 0.609. The zero-order valence-electron chi connectivity index (χ0n) is 19.5. The van der Waals surface area contributed by atoms with Crippen molar-refractivity contribution >= 4 is 17.8 Å². The molecular weight excluding hydrogens is 408 g/mol. The van der Waals surface area contributed by atoms with E-state index in [0.29, 0.717) is 24.1 Å². The number of ether oxygens (including phenoxy) is 1. The Morgan fingerprint density at radius 3 is 2.31 bits per heavy atom. The molecule has 1 atom stereocenters. The average molecular weight is 447 g/mol. The number of hydrogen-bond donors (Lipinski definition) is 4. The van der Waals surface area contributed by atoms with Gasteiger partial charge < -0.3 is 26.4 Å². The van der Waals surface area contributed by atoms with Crippen LogP contribution in [0.5, 0.6) is 0 Å². The molecule has 1 aromatic rings. The van der Waals surface area contributed by atoms with E-state index in [-0.39, 0.29) is 12.5 Å². The van der Waals surface area contributed by atoms with E-state index < -0.39 is 5.91 Å². The average Bonchev–Trinajstić information content (AvgIpc) is 2.82. The minimum atomic E-state index is -0.571. The van der Waals surface area contributed by atoms with Crippen LogP contribution in [-0.2, 0) is 16.1 Å². The van der Waals surface area contributed by atoms with Crippen molar-refractivity contribution in [1.82, 2.24) is 20.9 Å². The van der Waals surface area contributed by atoms with Gasteiger partial charge in [0.15, 0.2) is 5.96 Å². The van der Waals surface area contributed by atoms with Crippen molar-refractivity contribution in [2.75, 3.05) is 46.4 Å². The summed E-state index contributed by atoms with van der Waals surface area (Å²) >= 11 is 0. The number of hydrogen-bond acceptors (Lipinski definition) is 5. The summed E-state index contributed by atoms with van der Waals surface area (Å²) in [4.78, 5) is 29.7. The second-order valence-corrected chi connectivity index (χ2v) is 7.94. The van der Waals surface area contributed by atoms with Crippen LogP contribution < -0.4 is 21.7 Å². The van der Waals surface area contributed by atoms with Gasteiger partial charge in [0.2, 0.25) is 5.91 Å². The molecule has 1 aromatic carbocycles. The van der Waals surface area contributed by atoms with Crippen LogP contribution in [0, 0.1) is 5.92 Å². The van der Waals surface area contributed by atoms with Gasteiger partial charge in [0.1, 0.15) is 0 Å². The number of morpholine rings is 1. The Bertz CT molecular complexity index is 743. The van der Waals surface area contributed by atoms with Gasteiger partial charge in [-0.25, -0.2) is 0 Å². The van der Waals surface area contributed by atoms with Crippen molar-refractivity contribution in [3.05, 3.63) is 35.4 Å². The minimum Gasteiger partial charge on any atom is -0.379 e. The fourth-order valence-electron chi connectivity index (χ4n) is 3.99. The van der Waals surface area contributed by atoms with Crippen molar-refractivity contribution in [3.8, 4) is 0 Å². The van der Waals surface area contributed by atoms with Gasteiger partial charge in [-0.2, -0.15) is 0 Å². The highest BCUT2D eigenvalue weighted by Gasteiger charge is 2.27. The SMILES string of the molecule is CCC(CC)C(CNC(=NC)NCc1ccc(C(=O)NCC(N)=O)cc1)N1CCOCC1. The predicted octanol–water partition coefficient (Wildman–Crippen LogP) is 0.704. The van der Waals surface area contributed by atoms with Gasteiger partial charge in [0, 0.05) is 44.8 Å². The van der Waals surface area contributed by atoms with Crippen LogP contribution >= 0.6 is 0 Å². The number of guanidine groups is 1. The van der Waals surface area contributed by atoms with Gasteiger partial charge in [-0.3, -0.25) is 19.5 Å². The maximum Gasteiger partial charge on any atom is 0.251 e. The Labute approximate surface area is 191 Å². The lowest BCUT2D eigenvalue weighted by Crippen LogP contribution is -2.53. The highest BCUT2D eigenvalue weighted by molar-refractivity contribution is 5.96. The molecule has 2 amide bonds. The fourth-order valence-corrected chi connectivity index (χ4v) is 3.99. The van der Waals surface area contributed by atoms with Crippen LogP contribution in [0.4, 0.5) is 0 Å². The molecule has 1 heterocycles. The molecule has 1 aliphatic heterocycles. The normalized spacial score (nSPS) is 15.9. The van der Waals surface area contributed by atoms with Gasteiger partial charge in [-0.1, -0.05) is 38.8 Å². The van der Waals surface area contributed by atoms with E-state index in [0.717, 1.165) is 57.2 Å². The molecule has 0 aromatic heterocycles. The topological polar surface area (TPSA) is 121 Å². The predicted molar refractivity (Wildman–Crippen MR) is 126 cm³/mol. The molecule has 32 heavy (non-hydrogen) atoms. The molecule has 9 heteroatoms. The first-order valence-electron chi connectivity index (χ1n) is 11.4. The van der Waals surface area contributed by atoms with Gasteiger partial charge in [-0.15, -0.1) is 0 Å². The molecule has 0 aliphatic carbocycles. The first-order valence-corrected chi connectivity index (χ1v) is 11.4. The zero-order valence-corrected chi connectivity index (χ0v) is 19.5. The second-order valence-electron chi connectivity index (χ2n) is 7.94. The smallest absolute Gasteiger partial charge is 0.251 e. The van der Waals surface area contributed by atoms with Gasteiger partial charge in [0.05, 0.1) is 19.8 Å². The summed E-state index contributed by atoms with van der Waals surface area (Å²) < 4.78 is 5.53. The third kappa shape index (κ3) is 8.12. The Morgan fingerprint density at radius 2 is 1.75 bits per heavy atom. The Hall–Kier alpha value is -2.65. The number of primary amides is 1. The monoisotopic (exact) mass is 446 g/mol. The first-order chi connectivity index (χ1) is 15.5. The zero-order chi connectivity index (χ0) is 23.3. The maximum absolute atomic E-state index is 12.0. The summed E-state index contributed by atoms with van der Waals surface area (Å²) in [5.74, 6) is 0.471. The lowest BCUT2D eigenvalue weighted by Gasteiger charge is -2.39. The molecule has 2 rings (SSSR count). The summed E-state index contributed by atoms with van der Waals surface area (Å²) in [6, 6.07) is 7.64. The number of nitrogens with two attached hydrogens (primary N) is 1. The molecule has 5 N–H and O–H groups in total. The van der Waals surface area contributed by atoms with Crippen LogP contribution in [0.1, 0.15) is 42.6 Å². The number of aliphatic imine (C=N–C) groups is 1. The molecule has 0 bridgehead atoms. The van der Waals surface area contributed by atoms with Crippen LogP contribution in [-0.4, -0.2) is 75.2 Å². The number of benzene rings is 1.